The van der Waals surface area contributed by atoms with Crippen LogP contribution >= 0.6 is 0 Å². The van der Waals surface area contributed by atoms with Gasteiger partial charge in [0, 0.05) is 6.07 Å². The first-order valence-electron chi connectivity index (χ1n) is 7.08. The van der Waals surface area contributed by atoms with Gasteiger partial charge >= 0.3 is 0 Å². The molecule has 3 aromatic rings. The molecule has 120 valence electrons. The van der Waals surface area contributed by atoms with Gasteiger partial charge in [-0.2, -0.15) is 0 Å². The van der Waals surface area contributed by atoms with Crippen LogP contribution < -0.4 is 5.32 Å². The Kier molecular flexibility index (Phi) is 4.02. The van der Waals surface area contributed by atoms with Gasteiger partial charge in [-0.05, 0) is 30.7 Å². The summed E-state index contributed by atoms with van der Waals surface area (Å²) in [5.41, 5.74) is 1.22. The smallest absolute Gasteiger partial charge is 0.282 e. The number of nitrogens with one attached hydrogen (secondary N) is 1. The second-order valence-corrected chi connectivity index (χ2v) is 5.09. The van der Waals surface area contributed by atoms with Crippen LogP contribution in [0.5, 0.6) is 0 Å². The Labute approximate surface area is 136 Å². The monoisotopic (exact) mass is 323 g/mol. The number of benzene rings is 2. The standard InChI is InChI=1S/C16H13N5O3/c1-11-7-8-14(21(23)24)13(9-11)15(22)18-16-19-17-10-20(16)12-5-3-2-4-6-12/h2-10H,1H3,(H,18,19,22). The average molecular weight is 323 g/mol. The fourth-order valence-electron chi connectivity index (χ4n) is 2.26. The Morgan fingerprint density at radius 1 is 1.21 bits per heavy atom. The van der Waals surface area contributed by atoms with Crippen molar-refractivity contribution in [3.63, 3.8) is 0 Å². The number of rotatable bonds is 4. The zero-order valence-electron chi connectivity index (χ0n) is 12.7. The molecule has 2 aromatic carbocycles. The molecule has 3 rings (SSSR count). The number of nitro groups is 1. The van der Waals surface area contributed by atoms with E-state index < -0.39 is 10.8 Å². The lowest BCUT2D eigenvalue weighted by Gasteiger charge is -2.08. The van der Waals surface area contributed by atoms with Gasteiger partial charge in [0.2, 0.25) is 5.95 Å². The summed E-state index contributed by atoms with van der Waals surface area (Å²) < 4.78 is 1.58. The number of para-hydroxylation sites is 1. The minimum Gasteiger partial charge on any atom is -0.290 e. The number of aromatic nitrogens is 3. The first-order chi connectivity index (χ1) is 11.6. The highest BCUT2D eigenvalue weighted by molar-refractivity contribution is 6.06. The highest BCUT2D eigenvalue weighted by atomic mass is 16.6. The van der Waals surface area contributed by atoms with Crippen LogP contribution in [-0.2, 0) is 0 Å². The number of carbonyl (C=O) groups excluding carboxylic acids is 1. The molecule has 0 aliphatic rings. The van der Waals surface area contributed by atoms with E-state index in [4.69, 9.17) is 0 Å². The maximum absolute atomic E-state index is 12.5. The molecule has 0 aliphatic carbocycles. The normalized spacial score (nSPS) is 10.4. The van der Waals surface area contributed by atoms with Crippen molar-refractivity contribution >= 4 is 17.5 Å². The number of aryl methyl sites for hydroxylation is 1. The van der Waals surface area contributed by atoms with Crippen LogP contribution in [0.3, 0.4) is 0 Å². The van der Waals surface area contributed by atoms with Gasteiger partial charge < -0.3 is 0 Å². The SMILES string of the molecule is Cc1ccc([N+](=O)[O-])c(C(=O)Nc2nncn2-c2ccccc2)c1. The Hall–Kier alpha value is -3.55. The molecule has 8 nitrogen and oxygen atoms in total. The van der Waals surface area contributed by atoms with Crippen molar-refractivity contribution in [2.75, 3.05) is 5.32 Å². The molecule has 0 bridgehead atoms. The molecule has 0 spiro atoms. The molecule has 1 aromatic heterocycles. The molecule has 0 atom stereocenters. The van der Waals surface area contributed by atoms with Crippen LogP contribution in [-0.4, -0.2) is 25.6 Å². The van der Waals surface area contributed by atoms with Crippen molar-refractivity contribution < 1.29 is 9.72 Å². The summed E-state index contributed by atoms with van der Waals surface area (Å²) >= 11 is 0. The van der Waals surface area contributed by atoms with Crippen molar-refractivity contribution in [1.82, 2.24) is 14.8 Å². The summed E-state index contributed by atoms with van der Waals surface area (Å²) in [6, 6.07) is 13.6. The van der Waals surface area contributed by atoms with Crippen LogP contribution in [0.15, 0.2) is 54.9 Å². The van der Waals surface area contributed by atoms with Crippen LogP contribution in [0.4, 0.5) is 11.6 Å². The average Bonchev–Trinajstić information content (AvgIpc) is 3.03. The minimum atomic E-state index is -0.615. The minimum absolute atomic E-state index is 0.0254. The summed E-state index contributed by atoms with van der Waals surface area (Å²) in [7, 11) is 0. The van der Waals surface area contributed by atoms with Gasteiger partial charge in [-0.25, -0.2) is 0 Å². The van der Waals surface area contributed by atoms with E-state index in [1.807, 2.05) is 30.3 Å². The maximum Gasteiger partial charge on any atom is 0.282 e. The third-order valence-electron chi connectivity index (χ3n) is 3.40. The molecular formula is C16H13N5O3. The molecule has 1 heterocycles. The lowest BCUT2D eigenvalue weighted by atomic mass is 10.1. The van der Waals surface area contributed by atoms with Crippen molar-refractivity contribution in [2.45, 2.75) is 6.92 Å². The van der Waals surface area contributed by atoms with Gasteiger partial charge in [-0.1, -0.05) is 24.3 Å². The molecule has 1 N–H and O–H groups in total. The zero-order chi connectivity index (χ0) is 17.1. The van der Waals surface area contributed by atoms with Gasteiger partial charge in [0.15, 0.2) is 0 Å². The molecule has 0 fully saturated rings. The van der Waals surface area contributed by atoms with E-state index in [1.54, 1.807) is 17.6 Å². The van der Waals surface area contributed by atoms with E-state index in [0.717, 1.165) is 11.3 Å². The second kappa shape index (κ2) is 6.29. The Balaban J connectivity index is 1.94. The van der Waals surface area contributed by atoms with Gasteiger partial charge in [0.1, 0.15) is 11.9 Å². The van der Waals surface area contributed by atoms with Gasteiger partial charge in [-0.3, -0.25) is 24.8 Å². The first-order valence-corrected chi connectivity index (χ1v) is 7.08. The van der Waals surface area contributed by atoms with E-state index in [0.29, 0.717) is 0 Å². The highest BCUT2D eigenvalue weighted by Crippen LogP contribution is 2.21. The molecule has 0 saturated heterocycles. The summed E-state index contributed by atoms with van der Waals surface area (Å²) in [5.74, 6) is -0.433. The van der Waals surface area contributed by atoms with Crippen molar-refractivity contribution in [1.29, 1.82) is 0 Å². The number of nitrogens with zero attached hydrogens (tertiary/aromatic N) is 4. The lowest BCUT2D eigenvalue weighted by molar-refractivity contribution is -0.385. The topological polar surface area (TPSA) is 103 Å². The van der Waals surface area contributed by atoms with E-state index in [2.05, 4.69) is 15.5 Å². The molecule has 8 heteroatoms. The van der Waals surface area contributed by atoms with Crippen molar-refractivity contribution in [3.8, 4) is 5.69 Å². The second-order valence-electron chi connectivity index (χ2n) is 5.09. The summed E-state index contributed by atoms with van der Waals surface area (Å²) in [6.07, 6.45) is 1.45. The predicted octanol–water partition coefficient (Wildman–Crippen LogP) is 2.74. The fraction of sp³-hybridized carbons (Fsp3) is 0.0625. The fourth-order valence-corrected chi connectivity index (χ4v) is 2.26. The molecule has 1 amide bonds. The number of hydrogen-bond donors (Lipinski definition) is 1. The van der Waals surface area contributed by atoms with Gasteiger partial charge in [-0.15, -0.1) is 10.2 Å². The number of hydrogen-bond acceptors (Lipinski definition) is 5. The summed E-state index contributed by atoms with van der Waals surface area (Å²) in [5, 5.41) is 21.3. The van der Waals surface area contributed by atoms with E-state index in [1.165, 1.54) is 18.5 Å². The predicted molar refractivity (Wildman–Crippen MR) is 87.1 cm³/mol. The van der Waals surface area contributed by atoms with Gasteiger partial charge in [0.25, 0.3) is 11.6 Å². The Morgan fingerprint density at radius 3 is 2.67 bits per heavy atom. The largest absolute Gasteiger partial charge is 0.290 e. The van der Waals surface area contributed by atoms with E-state index in [9.17, 15) is 14.9 Å². The molecular weight excluding hydrogens is 310 g/mol. The molecule has 0 saturated carbocycles. The number of amides is 1. The first kappa shape index (κ1) is 15.3. The van der Waals surface area contributed by atoms with Crippen molar-refractivity contribution in [2.24, 2.45) is 0 Å². The lowest BCUT2D eigenvalue weighted by Crippen LogP contribution is -2.17. The van der Waals surface area contributed by atoms with Crippen molar-refractivity contribution in [3.05, 3.63) is 76.1 Å². The summed E-state index contributed by atoms with van der Waals surface area (Å²) in [6.45, 7) is 1.76. The van der Waals surface area contributed by atoms with E-state index >= 15 is 0 Å². The molecule has 24 heavy (non-hydrogen) atoms. The molecule has 0 aliphatic heterocycles. The summed E-state index contributed by atoms with van der Waals surface area (Å²) in [4.78, 5) is 23.0. The van der Waals surface area contributed by atoms with Crippen LogP contribution in [0.25, 0.3) is 5.69 Å². The number of anilines is 1. The number of nitro benzene ring substituents is 1. The quantitative estimate of drug-likeness (QED) is 0.587. The van der Waals surface area contributed by atoms with Crippen LogP contribution in [0.2, 0.25) is 0 Å². The van der Waals surface area contributed by atoms with Gasteiger partial charge in [0.05, 0.1) is 10.6 Å². The molecule has 0 unspecified atom stereocenters. The Bertz CT molecular complexity index is 905. The third kappa shape index (κ3) is 2.98. The Morgan fingerprint density at radius 2 is 1.96 bits per heavy atom. The zero-order valence-corrected chi connectivity index (χ0v) is 12.7. The highest BCUT2D eigenvalue weighted by Gasteiger charge is 2.21. The number of carbonyl (C=O) groups is 1. The third-order valence-corrected chi connectivity index (χ3v) is 3.40. The maximum atomic E-state index is 12.5. The van der Waals surface area contributed by atoms with E-state index in [-0.39, 0.29) is 17.2 Å². The van der Waals surface area contributed by atoms with Crippen LogP contribution in [0.1, 0.15) is 15.9 Å². The van der Waals surface area contributed by atoms with Crippen LogP contribution in [0, 0.1) is 17.0 Å². The molecule has 0 radical (unpaired) electrons.